The monoisotopic (exact) mass is 1470 g/mol. The van der Waals surface area contributed by atoms with Gasteiger partial charge < -0.3 is 53.5 Å². The Morgan fingerprint density at radius 2 is 1.31 bits per heavy atom. The minimum Gasteiger partial charge on any atom is -0.391 e. The van der Waals surface area contributed by atoms with Crippen LogP contribution in [0.4, 0.5) is 8.78 Å². The molecule has 12 atom stereocenters. The van der Waals surface area contributed by atoms with Crippen LogP contribution in [0.25, 0.3) is 16.5 Å². The Bertz CT molecular complexity index is 4070. The third-order valence-corrected chi connectivity index (χ3v) is 23.1. The summed E-state index contributed by atoms with van der Waals surface area (Å²) >= 11 is 1.84. The molecule has 22 heteroatoms. The lowest BCUT2D eigenvalue weighted by molar-refractivity contribution is -0.136. The Morgan fingerprint density at radius 1 is 0.660 bits per heavy atom. The summed E-state index contributed by atoms with van der Waals surface area (Å²) in [5.41, 5.74) is 26.5. The number of unbranched alkanes of at least 4 members (excludes halogenated alkanes) is 1. The summed E-state index contributed by atoms with van der Waals surface area (Å²) in [4.78, 5) is 131. The van der Waals surface area contributed by atoms with Crippen LogP contribution in [0.3, 0.4) is 0 Å². The summed E-state index contributed by atoms with van der Waals surface area (Å²) in [5, 5.41) is 24.6. The number of aliphatic hydroxyl groups excluding tert-OH is 1. The number of hydrogen-bond acceptors (Lipinski definition) is 14. The summed E-state index contributed by atoms with van der Waals surface area (Å²) in [6.07, 6.45) is 7.18. The quantitative estimate of drug-likeness (QED) is 0.0164. The van der Waals surface area contributed by atoms with Gasteiger partial charge in [-0.25, -0.2) is 8.78 Å². The van der Waals surface area contributed by atoms with Crippen LogP contribution in [0.5, 0.6) is 0 Å². The number of fused-ring (bicyclic) bond motifs is 3. The van der Waals surface area contributed by atoms with Gasteiger partial charge in [0, 0.05) is 117 Å². The van der Waals surface area contributed by atoms with Gasteiger partial charge in [0.1, 0.15) is 11.8 Å². The number of guanidine groups is 1. The average Bonchev–Trinajstić information content (AvgIpc) is 1.45. The minimum atomic E-state index is -1.57. The molecule has 2 fully saturated rings. The second-order valence-corrected chi connectivity index (χ2v) is 31.0. The zero-order chi connectivity index (χ0) is 75.2. The number of allylic oxidation sites excluding steroid dienone is 1. The van der Waals surface area contributed by atoms with Crippen LogP contribution in [-0.4, -0.2) is 149 Å². The number of thioether (sulfide) groups is 1. The number of amides is 3. The normalized spacial score (nSPS) is 24.8. The number of aromatic nitrogens is 1. The van der Waals surface area contributed by atoms with Gasteiger partial charge in [0.25, 0.3) is 0 Å². The highest BCUT2D eigenvalue weighted by atomic mass is 32.2. The molecule has 19 nitrogen and oxygen atoms in total. The molecule has 6 aromatic rings. The Kier molecular flexibility index (Phi) is 29.7. The number of hydrogen-bond donors (Lipinski definition) is 9. The van der Waals surface area contributed by atoms with E-state index in [1.807, 2.05) is 96.7 Å². The second kappa shape index (κ2) is 39.3. The number of ketones is 5. The first kappa shape index (κ1) is 80.0. The fourth-order valence-electron chi connectivity index (χ4n) is 16.2. The number of aliphatic imine (C=N–C) groups is 1. The number of carbonyl (C=O) groups excluding carboxylic acids is 8. The van der Waals surface area contributed by atoms with E-state index in [0.717, 1.165) is 65.7 Å². The highest BCUT2D eigenvalue weighted by Gasteiger charge is 2.42. The van der Waals surface area contributed by atoms with Crippen LogP contribution in [-0.2, 0) is 70.5 Å². The van der Waals surface area contributed by atoms with E-state index in [1.54, 1.807) is 6.20 Å². The molecule has 12 N–H and O–H groups in total. The molecular formula is C84H106F2N10O9S. The van der Waals surface area contributed by atoms with Crippen molar-refractivity contribution in [2.45, 2.75) is 184 Å². The van der Waals surface area contributed by atoms with Gasteiger partial charge in [0.15, 0.2) is 40.7 Å². The predicted octanol–water partition coefficient (Wildman–Crippen LogP) is 9.71. The zero-order valence-corrected chi connectivity index (χ0v) is 62.0. The molecule has 1 aromatic heterocycles. The largest absolute Gasteiger partial charge is 0.391 e. The van der Waals surface area contributed by atoms with Crippen LogP contribution >= 0.6 is 11.8 Å². The van der Waals surface area contributed by atoms with Gasteiger partial charge in [-0.15, -0.1) is 0 Å². The van der Waals surface area contributed by atoms with Gasteiger partial charge in [0.2, 0.25) is 17.7 Å². The Morgan fingerprint density at radius 3 is 2.03 bits per heavy atom. The lowest BCUT2D eigenvalue weighted by Gasteiger charge is -2.46. The van der Waals surface area contributed by atoms with Crippen molar-refractivity contribution in [2.75, 3.05) is 44.7 Å². The number of aliphatic hydroxyl groups is 1. The van der Waals surface area contributed by atoms with E-state index in [1.165, 1.54) is 35.3 Å². The summed E-state index contributed by atoms with van der Waals surface area (Å²) in [6.45, 7) is 3.22. The molecule has 3 heterocycles. The Hall–Kier alpha value is -8.54. The SMILES string of the molecule is C[C@@H](O)[C@@H]1NC(=O)[C@H](CCCCN)CC(=O)[C@@H](Cc2c[nH]c3ccccc23)NC(=O)[C@H](Cc2ccccc2)CC(=O)[C@H](Cc2ccccc2)NC(=O)[C@H](CCCN=C(N)N)CC(=O)[C@H](NCCSC[C@@H]2C[C@@H]3c4cccc5c4C(=CC5)C[C@H]3N(C)C2)CCCCCC(=O)[C@H](Cc2ccc(F)c(F)c2)CC1=O. The molecule has 106 heavy (non-hydrogen) atoms. The Balaban J connectivity index is 0.963. The number of para-hydroxylation sites is 1. The van der Waals surface area contributed by atoms with E-state index in [9.17, 15) is 28.3 Å². The number of carbonyl (C=O) groups is 8. The summed E-state index contributed by atoms with van der Waals surface area (Å²) < 4.78 is 29.2. The molecule has 0 spiro atoms. The van der Waals surface area contributed by atoms with Crippen LogP contribution in [0.2, 0.25) is 0 Å². The molecular weight excluding hydrogens is 1360 g/mol. The lowest BCUT2D eigenvalue weighted by Crippen LogP contribution is -2.51. The predicted molar refractivity (Wildman–Crippen MR) is 412 cm³/mol. The van der Waals surface area contributed by atoms with Crippen molar-refractivity contribution >= 4 is 80.8 Å². The first-order chi connectivity index (χ1) is 51.2. The van der Waals surface area contributed by atoms with Crippen LogP contribution in [0, 0.1) is 41.2 Å². The number of nitrogens with zero attached hydrogens (tertiary/aromatic N) is 2. The smallest absolute Gasteiger partial charge is 0.224 e. The van der Waals surface area contributed by atoms with Crippen molar-refractivity contribution in [1.29, 1.82) is 0 Å². The van der Waals surface area contributed by atoms with Gasteiger partial charge >= 0.3 is 0 Å². The molecule has 0 radical (unpaired) electrons. The highest BCUT2D eigenvalue weighted by Crippen LogP contribution is 2.49. The van der Waals surface area contributed by atoms with Gasteiger partial charge in [-0.1, -0.05) is 128 Å². The summed E-state index contributed by atoms with van der Waals surface area (Å²) in [6, 6.07) is 31.5. The lowest BCUT2D eigenvalue weighted by atomic mass is 9.70. The van der Waals surface area contributed by atoms with E-state index in [-0.39, 0.29) is 94.0 Å². The molecule has 4 aliphatic rings. The molecule has 5 aromatic carbocycles. The Labute approximate surface area is 625 Å². The van der Waals surface area contributed by atoms with Gasteiger partial charge in [0.05, 0.1) is 24.2 Å². The number of rotatable bonds is 23. The molecule has 566 valence electrons. The minimum absolute atomic E-state index is 0.0337. The second-order valence-electron chi connectivity index (χ2n) is 29.8. The first-order valence-corrected chi connectivity index (χ1v) is 39.2. The molecule has 2 aliphatic carbocycles. The number of Topliss-reactive ketones (excluding diaryl/α,β-unsaturated/α-hetero) is 5. The number of likely N-dealkylation sites (N-methyl/N-ethyl adjacent to an activating group) is 1. The van der Waals surface area contributed by atoms with Crippen LogP contribution < -0.4 is 38.5 Å². The summed E-state index contributed by atoms with van der Waals surface area (Å²) in [5.74, 6) is -8.37. The van der Waals surface area contributed by atoms with Gasteiger partial charge in [-0.05, 0) is 172 Å². The topological polar surface area (TPSA) is 314 Å². The zero-order valence-electron chi connectivity index (χ0n) is 61.2. The number of aromatic amines is 1. The number of piperidine rings is 1. The standard InChI is InChI=1S/C84H106F2N10O9S/c1-52(97)80-78(102)47-61(39-55-30-33-67(85)68(86)41-55)74(98)29-11-5-10-28-70(90-36-37-106-51-56-40-66-65-26-16-23-57-31-32-58(79(57)65)44-73(66)96(2)50-56)75(99)45-60(24-17-35-91-84(88)89)81(103)93-71(42-54-20-8-4-9-21-54)77(101)48-62(38-53-18-6-3-7-19-53)83(105)94-72(43-63-49-92-69-27-13-12-25-64(63)69)76(100)46-59(82(104)95-80)22-14-15-34-87/h3-4,6-9,12-13,16,18-21,23,25-27,30,32-33,41,49,52,56,59-62,66,70-73,80,90,92,97H,5,10-11,14-15,17,22,24,28-29,31,34-40,42-48,50-51,87H2,1-2H3,(H,93,103)(H,94,105)(H,95,104)(H4,88,89,91)/t52-,56-,59-,60-,61-,62-,66-,70-,71+,72-,73-,80+/m1/s1. The average molecular weight is 1470 g/mol. The maximum Gasteiger partial charge on any atom is 0.224 e. The third-order valence-electron chi connectivity index (χ3n) is 21.9. The maximum absolute atomic E-state index is 15.5. The fourth-order valence-corrected chi connectivity index (χ4v) is 17.2. The van der Waals surface area contributed by atoms with Crippen molar-refractivity contribution in [3.05, 3.63) is 184 Å². The molecule has 0 unspecified atom stereocenters. The number of nitrogens with one attached hydrogen (secondary N) is 5. The number of likely N-dealkylation sites (tertiary alicyclic amines) is 1. The maximum atomic E-state index is 15.5. The molecule has 2 saturated heterocycles. The molecule has 10 rings (SSSR count). The first-order valence-electron chi connectivity index (χ1n) is 38.1. The van der Waals surface area contributed by atoms with Gasteiger partial charge in [-0.2, -0.15) is 11.8 Å². The number of nitrogens with two attached hydrogens (primary N) is 3. The van der Waals surface area contributed by atoms with Crippen molar-refractivity contribution in [3.63, 3.8) is 0 Å². The van der Waals surface area contributed by atoms with E-state index >= 15 is 24.0 Å². The van der Waals surface area contributed by atoms with Crippen molar-refractivity contribution in [1.82, 2.24) is 31.2 Å². The number of halogens is 2. The van der Waals surface area contributed by atoms with Crippen molar-refractivity contribution in [3.8, 4) is 0 Å². The van der Waals surface area contributed by atoms with Crippen LogP contribution in [0.1, 0.15) is 155 Å². The molecule has 3 amide bonds. The van der Waals surface area contributed by atoms with Crippen molar-refractivity contribution < 1.29 is 52.2 Å². The van der Waals surface area contributed by atoms with E-state index in [4.69, 9.17) is 17.2 Å². The van der Waals surface area contributed by atoms with E-state index < -0.39 is 113 Å². The van der Waals surface area contributed by atoms with Crippen LogP contribution in [0.15, 0.2) is 139 Å². The number of benzene rings is 5. The van der Waals surface area contributed by atoms with E-state index in [0.29, 0.717) is 80.7 Å². The molecule has 0 bridgehead atoms. The summed E-state index contributed by atoms with van der Waals surface area (Å²) in [7, 11) is 2.25. The third kappa shape index (κ3) is 22.3. The van der Waals surface area contributed by atoms with Crippen molar-refractivity contribution in [2.24, 2.45) is 51.8 Å². The fraction of sp³-hybridized carbons (Fsp3) is 0.488. The number of H-pyrrole nitrogens is 1. The molecule has 0 saturated carbocycles. The van der Waals surface area contributed by atoms with E-state index in [2.05, 4.69) is 67.5 Å². The molecule has 2 aliphatic heterocycles. The highest BCUT2D eigenvalue weighted by molar-refractivity contribution is 7.99. The van der Waals surface area contributed by atoms with Gasteiger partial charge in [-0.3, -0.25) is 43.3 Å².